The third-order valence-corrected chi connectivity index (χ3v) is 14.3. The standard InChI is InChI=1S/C38H37ClN10O12S4/c1-4-49(23-8-7-9-24(19-23)62(52,53)5-2)38-43-36(39)42-37(44-38)41-22-10-17-33(65(59,60)61)31(18-22)47-48-34-26-12-16-30(35(51)27(26)13-15-29(34)40-21-64(56,57)58)46-45-28-14-11-25(20-32(28)50)63(54,55)6-3/h7-20,40,50-51H,4-6,21H2,1-3H3,(H,56,57,58)(H,59,60,61)(H,41,42,43,44)/b46-45+,48-47+. The summed E-state index contributed by atoms with van der Waals surface area (Å²) >= 11 is 6.29. The Balaban J connectivity index is 1.39. The summed E-state index contributed by atoms with van der Waals surface area (Å²) in [5.74, 6) is -2.46. The van der Waals surface area contributed by atoms with Crippen molar-refractivity contribution in [3.63, 3.8) is 0 Å². The van der Waals surface area contributed by atoms with E-state index in [1.54, 1.807) is 24.0 Å². The molecule has 0 amide bonds. The van der Waals surface area contributed by atoms with E-state index in [2.05, 4.69) is 46.0 Å². The first-order chi connectivity index (χ1) is 30.5. The number of nitrogens with zero attached hydrogens (tertiary/aromatic N) is 8. The topological polar surface area (TPSA) is 333 Å². The number of anilines is 5. The third-order valence-electron chi connectivity index (χ3n) is 9.29. The fourth-order valence-electron chi connectivity index (χ4n) is 6.01. The largest absolute Gasteiger partial charge is 0.506 e. The minimum absolute atomic E-state index is 0.0149. The van der Waals surface area contributed by atoms with E-state index in [1.165, 1.54) is 68.4 Å². The highest BCUT2D eigenvalue weighted by Crippen LogP contribution is 2.44. The highest BCUT2D eigenvalue weighted by molar-refractivity contribution is 7.91. The molecule has 0 spiro atoms. The Kier molecular flexibility index (Phi) is 14.0. The number of phenols is 2. The molecule has 0 aliphatic rings. The second kappa shape index (κ2) is 19.0. The van der Waals surface area contributed by atoms with Crippen molar-refractivity contribution in [1.29, 1.82) is 0 Å². The number of hydrogen-bond acceptors (Lipinski definition) is 20. The number of benzene rings is 5. The van der Waals surface area contributed by atoms with Gasteiger partial charge in [-0.3, -0.25) is 9.11 Å². The van der Waals surface area contributed by atoms with Crippen LogP contribution in [0.5, 0.6) is 11.5 Å². The van der Waals surface area contributed by atoms with Crippen molar-refractivity contribution in [2.45, 2.75) is 35.5 Å². The average Bonchev–Trinajstić information content (AvgIpc) is 3.24. The summed E-state index contributed by atoms with van der Waals surface area (Å²) in [7, 11) is -16.8. The van der Waals surface area contributed by atoms with Crippen LogP contribution < -0.4 is 15.5 Å². The molecule has 65 heavy (non-hydrogen) atoms. The van der Waals surface area contributed by atoms with Gasteiger partial charge in [-0.1, -0.05) is 19.9 Å². The van der Waals surface area contributed by atoms with Crippen LogP contribution in [0.3, 0.4) is 0 Å². The lowest BCUT2D eigenvalue weighted by Crippen LogP contribution is -2.20. The van der Waals surface area contributed by atoms with E-state index in [-0.39, 0.29) is 84.2 Å². The smallest absolute Gasteiger partial charge is 0.296 e. The summed E-state index contributed by atoms with van der Waals surface area (Å²) in [5.41, 5.74) is -0.490. The zero-order valence-corrected chi connectivity index (χ0v) is 38.1. The number of rotatable bonds is 17. The van der Waals surface area contributed by atoms with Crippen molar-refractivity contribution in [2.24, 2.45) is 20.5 Å². The van der Waals surface area contributed by atoms with Crippen molar-refractivity contribution >= 4 is 114 Å². The van der Waals surface area contributed by atoms with Crippen LogP contribution in [-0.2, 0) is 39.9 Å². The quantitative estimate of drug-likeness (QED) is 0.0373. The molecule has 0 unspecified atom stereocenters. The molecule has 1 aromatic heterocycles. The third kappa shape index (κ3) is 11.3. The minimum atomic E-state index is -4.97. The monoisotopic (exact) mass is 988 g/mol. The maximum atomic E-state index is 12.6. The summed E-state index contributed by atoms with van der Waals surface area (Å²) in [6, 6.07) is 18.2. The van der Waals surface area contributed by atoms with Crippen molar-refractivity contribution in [2.75, 3.05) is 39.5 Å². The summed E-state index contributed by atoms with van der Waals surface area (Å²) in [6.07, 6.45) is 0. The minimum Gasteiger partial charge on any atom is -0.506 e. The number of fused-ring (bicyclic) bond motifs is 1. The van der Waals surface area contributed by atoms with Crippen molar-refractivity contribution in [1.82, 2.24) is 15.0 Å². The summed E-state index contributed by atoms with van der Waals surface area (Å²) < 4.78 is 118. The molecule has 0 fully saturated rings. The molecule has 342 valence electrons. The number of halogens is 1. The molecule has 0 atom stereocenters. The predicted molar refractivity (Wildman–Crippen MR) is 241 cm³/mol. The molecule has 0 bridgehead atoms. The van der Waals surface area contributed by atoms with Crippen LogP contribution in [0, 0.1) is 0 Å². The first kappa shape index (κ1) is 48.0. The number of aromatic hydroxyl groups is 2. The summed E-state index contributed by atoms with van der Waals surface area (Å²) in [4.78, 5) is 13.5. The number of azo groups is 2. The van der Waals surface area contributed by atoms with Gasteiger partial charge < -0.3 is 25.7 Å². The maximum Gasteiger partial charge on any atom is 0.296 e. The van der Waals surface area contributed by atoms with Crippen molar-refractivity contribution < 1.29 is 53.0 Å². The highest BCUT2D eigenvalue weighted by Gasteiger charge is 2.22. The normalized spacial score (nSPS) is 12.6. The second-order valence-corrected chi connectivity index (χ2v) is 21.2. The van der Waals surface area contributed by atoms with Gasteiger partial charge in [0, 0.05) is 34.8 Å². The molecule has 0 saturated heterocycles. The van der Waals surface area contributed by atoms with Gasteiger partial charge in [-0.2, -0.15) is 31.8 Å². The molecular formula is C38H37ClN10O12S4. The van der Waals surface area contributed by atoms with E-state index < -0.39 is 67.9 Å². The van der Waals surface area contributed by atoms with Crippen LogP contribution in [0.2, 0.25) is 5.28 Å². The molecular weight excluding hydrogens is 952 g/mol. The van der Waals surface area contributed by atoms with Crippen LogP contribution >= 0.6 is 11.6 Å². The van der Waals surface area contributed by atoms with E-state index >= 15 is 0 Å². The Morgan fingerprint density at radius 1 is 0.677 bits per heavy atom. The van der Waals surface area contributed by atoms with Crippen molar-refractivity contribution in [3.8, 4) is 11.5 Å². The van der Waals surface area contributed by atoms with Crippen molar-refractivity contribution in [3.05, 3.63) is 90.2 Å². The van der Waals surface area contributed by atoms with Crippen LogP contribution in [0.15, 0.2) is 120 Å². The molecule has 22 nitrogen and oxygen atoms in total. The van der Waals surface area contributed by atoms with E-state index in [0.29, 0.717) is 5.69 Å². The zero-order chi connectivity index (χ0) is 47.5. The Hall–Kier alpha value is -6.42. The Morgan fingerprint density at radius 2 is 1.32 bits per heavy atom. The lowest BCUT2D eigenvalue weighted by atomic mass is 10.1. The molecule has 6 rings (SSSR count). The molecule has 1 heterocycles. The van der Waals surface area contributed by atoms with Crippen LogP contribution in [0.25, 0.3) is 10.8 Å². The van der Waals surface area contributed by atoms with Crippen LogP contribution in [0.1, 0.15) is 20.8 Å². The number of nitrogens with one attached hydrogen (secondary N) is 2. The molecule has 0 aliphatic carbocycles. The summed E-state index contributed by atoms with van der Waals surface area (Å²) in [5, 5.41) is 43.1. The Bertz CT molecular complexity index is 3360. The van der Waals surface area contributed by atoms with Crippen LogP contribution in [0.4, 0.5) is 51.7 Å². The van der Waals surface area contributed by atoms with Gasteiger partial charge in [0.1, 0.15) is 39.3 Å². The number of sulfone groups is 2. The molecule has 5 aromatic carbocycles. The lowest BCUT2D eigenvalue weighted by Gasteiger charge is -2.22. The summed E-state index contributed by atoms with van der Waals surface area (Å²) in [6.45, 7) is 4.99. The molecule has 27 heteroatoms. The van der Waals surface area contributed by atoms with Gasteiger partial charge in [0.25, 0.3) is 20.2 Å². The number of phenolic OH excluding ortho intramolecular Hbond substituents is 2. The van der Waals surface area contributed by atoms with Gasteiger partial charge in [-0.15, -0.1) is 20.5 Å². The van der Waals surface area contributed by atoms with Gasteiger partial charge in [0.15, 0.2) is 25.4 Å². The van der Waals surface area contributed by atoms with Gasteiger partial charge >= 0.3 is 0 Å². The molecule has 0 radical (unpaired) electrons. The molecule has 0 aliphatic heterocycles. The number of hydrogen-bond donors (Lipinski definition) is 6. The van der Waals surface area contributed by atoms with Gasteiger partial charge in [-0.05, 0) is 91.3 Å². The van der Waals surface area contributed by atoms with E-state index in [4.69, 9.17) is 11.6 Å². The SMILES string of the molecule is CCN(c1cccc(S(=O)(=O)CC)c1)c1nc(Cl)nc(Nc2ccc(S(=O)(=O)O)c(/N=N/c3c(NCS(=O)(=O)O)ccc4c(O)c(/N=N/c5ccc(S(=O)(=O)CC)cc5O)ccc34)c2)n1. The lowest BCUT2D eigenvalue weighted by molar-refractivity contribution is 0.473. The average molecular weight is 989 g/mol. The van der Waals surface area contributed by atoms with Gasteiger partial charge in [0.2, 0.25) is 17.2 Å². The first-order valence-electron chi connectivity index (χ1n) is 18.8. The van der Waals surface area contributed by atoms with Gasteiger partial charge in [-0.25, -0.2) is 16.8 Å². The van der Waals surface area contributed by atoms with Gasteiger partial charge in [0.05, 0.1) is 27.0 Å². The molecule has 6 aromatic rings. The fraction of sp³-hybridized carbons (Fsp3) is 0.184. The van der Waals surface area contributed by atoms with Crippen LogP contribution in [-0.4, -0.2) is 91.9 Å². The first-order valence-corrected chi connectivity index (χ1v) is 25.5. The Labute approximate surface area is 377 Å². The molecule has 0 saturated carbocycles. The van der Waals surface area contributed by atoms with E-state index in [9.17, 15) is 53.0 Å². The van der Waals surface area contributed by atoms with E-state index in [1.807, 2.05) is 0 Å². The molecule has 6 N–H and O–H groups in total. The zero-order valence-electron chi connectivity index (χ0n) is 34.1. The fourth-order valence-corrected chi connectivity index (χ4v) is 8.93. The number of aromatic nitrogens is 3. The second-order valence-electron chi connectivity index (χ2n) is 13.5. The van der Waals surface area contributed by atoms with E-state index in [0.717, 1.165) is 18.2 Å². The Morgan fingerprint density at radius 3 is 1.97 bits per heavy atom. The highest BCUT2D eigenvalue weighted by atomic mass is 35.5. The predicted octanol–water partition coefficient (Wildman–Crippen LogP) is 7.91. The maximum absolute atomic E-state index is 12.6.